The Morgan fingerprint density at radius 3 is 2.42 bits per heavy atom. The predicted octanol–water partition coefficient (Wildman–Crippen LogP) is 3.65. The largest absolute Gasteiger partial charge is 0.444 e. The highest BCUT2D eigenvalue weighted by Gasteiger charge is 2.51. The van der Waals surface area contributed by atoms with Gasteiger partial charge in [0.2, 0.25) is 5.91 Å². The molecule has 11 heteroatoms. The van der Waals surface area contributed by atoms with E-state index in [-0.39, 0.29) is 22.9 Å². The lowest BCUT2D eigenvalue weighted by molar-refractivity contribution is -0.126. The Labute approximate surface area is 217 Å². The molecule has 3 fully saturated rings. The zero-order chi connectivity index (χ0) is 26.3. The Balaban J connectivity index is 1.58. The zero-order valence-electron chi connectivity index (χ0n) is 20.9. The van der Waals surface area contributed by atoms with Crippen LogP contribution < -0.4 is 10.2 Å². The van der Waals surface area contributed by atoms with Gasteiger partial charge in [0.15, 0.2) is 9.84 Å². The topological polar surface area (TPSA) is 120 Å². The van der Waals surface area contributed by atoms with Gasteiger partial charge in [0.05, 0.1) is 21.2 Å². The highest BCUT2D eigenvalue weighted by atomic mass is 35.5. The Hall–Kier alpha value is -2.51. The number of nitriles is 1. The molecular weight excluding hydrogens is 504 g/mol. The number of halogens is 1. The lowest BCUT2D eigenvalue weighted by atomic mass is 10.1. The van der Waals surface area contributed by atoms with Crippen LogP contribution in [0.3, 0.4) is 0 Å². The van der Waals surface area contributed by atoms with Crippen molar-refractivity contribution in [2.24, 2.45) is 0 Å². The van der Waals surface area contributed by atoms with Crippen LogP contribution in [0.25, 0.3) is 0 Å². The Kier molecular flexibility index (Phi) is 7.19. The summed E-state index contributed by atoms with van der Waals surface area (Å²) in [7, 11) is -3.97. The van der Waals surface area contributed by atoms with E-state index in [0.29, 0.717) is 12.8 Å². The maximum atomic E-state index is 13.7. The van der Waals surface area contributed by atoms with Crippen molar-refractivity contribution in [2.45, 2.75) is 86.6 Å². The number of benzene rings is 1. The first-order valence-electron chi connectivity index (χ1n) is 12.4. The molecule has 1 aromatic carbocycles. The minimum absolute atomic E-state index is 0.0178. The van der Waals surface area contributed by atoms with E-state index in [0.717, 1.165) is 36.5 Å². The molecule has 9 nitrogen and oxygen atoms in total. The van der Waals surface area contributed by atoms with Crippen molar-refractivity contribution in [2.75, 3.05) is 24.5 Å². The maximum Gasteiger partial charge on any atom is 0.411 e. The van der Waals surface area contributed by atoms with Crippen molar-refractivity contribution in [3.63, 3.8) is 0 Å². The third-order valence-corrected chi connectivity index (χ3v) is 9.51. The summed E-state index contributed by atoms with van der Waals surface area (Å²) in [4.78, 5) is 29.4. The van der Waals surface area contributed by atoms with E-state index in [4.69, 9.17) is 16.3 Å². The molecule has 0 unspecified atom stereocenters. The molecule has 1 N–H and O–H groups in total. The molecule has 0 spiro atoms. The number of hydrogen-bond acceptors (Lipinski definition) is 7. The van der Waals surface area contributed by atoms with Crippen LogP contribution in [0.15, 0.2) is 23.1 Å². The van der Waals surface area contributed by atoms with Crippen LogP contribution in [0.4, 0.5) is 10.5 Å². The first-order chi connectivity index (χ1) is 16.8. The fraction of sp³-hybridized carbons (Fsp3) is 0.640. The summed E-state index contributed by atoms with van der Waals surface area (Å²) in [6, 6.07) is 5.97. The first-order valence-corrected chi connectivity index (χ1v) is 14.3. The Morgan fingerprint density at radius 2 is 1.86 bits per heavy atom. The molecule has 1 saturated carbocycles. The molecule has 1 aliphatic carbocycles. The van der Waals surface area contributed by atoms with Crippen LogP contribution >= 0.6 is 11.6 Å². The van der Waals surface area contributed by atoms with Crippen LogP contribution in [0.5, 0.6) is 0 Å². The van der Waals surface area contributed by atoms with E-state index in [2.05, 4.69) is 16.3 Å². The van der Waals surface area contributed by atoms with E-state index >= 15 is 0 Å². The molecule has 0 aromatic heterocycles. The molecule has 3 aliphatic rings. The number of amides is 2. The fourth-order valence-electron chi connectivity index (χ4n) is 4.75. The highest BCUT2D eigenvalue weighted by molar-refractivity contribution is 7.92. The number of nitrogens with one attached hydrogen (secondary N) is 1. The predicted molar refractivity (Wildman–Crippen MR) is 136 cm³/mol. The molecule has 2 amide bonds. The van der Waals surface area contributed by atoms with E-state index in [1.54, 1.807) is 32.9 Å². The number of hydrogen-bond donors (Lipinski definition) is 1. The standard InChI is InChI=1S/C25H33ClN4O5S/c1-24(2,3)35-23(32)30-15-18(14-20(30)22(31)28-25(16-27)9-10-25)36(33,34)21-8-7-17(13-19(21)26)29-11-5-4-6-12-29/h7-8,13,18,20H,4-6,9-12,14-15H2,1-3H3,(H,28,31)/t18-,20+/m1/s1. The summed E-state index contributed by atoms with van der Waals surface area (Å²) in [6.07, 6.45) is 3.50. The van der Waals surface area contributed by atoms with Crippen molar-refractivity contribution < 1.29 is 22.7 Å². The van der Waals surface area contributed by atoms with Crippen LogP contribution in [0.2, 0.25) is 5.02 Å². The number of carbonyl (C=O) groups excluding carboxylic acids is 2. The van der Waals surface area contributed by atoms with E-state index in [9.17, 15) is 23.3 Å². The van der Waals surface area contributed by atoms with Gasteiger partial charge in [-0.25, -0.2) is 13.2 Å². The Morgan fingerprint density at radius 1 is 1.19 bits per heavy atom. The Bertz CT molecular complexity index is 1180. The minimum Gasteiger partial charge on any atom is -0.444 e. The average molecular weight is 537 g/mol. The average Bonchev–Trinajstić information content (AvgIpc) is 3.42. The quantitative estimate of drug-likeness (QED) is 0.609. The molecule has 2 heterocycles. The van der Waals surface area contributed by atoms with Gasteiger partial charge >= 0.3 is 6.09 Å². The first kappa shape index (κ1) is 26.6. The molecule has 36 heavy (non-hydrogen) atoms. The number of piperidine rings is 1. The molecule has 0 bridgehead atoms. The van der Waals surface area contributed by atoms with Crippen molar-refractivity contribution in [3.8, 4) is 6.07 Å². The summed E-state index contributed by atoms with van der Waals surface area (Å²) in [6.45, 7) is 6.68. The van der Waals surface area contributed by atoms with E-state index in [1.165, 1.54) is 12.5 Å². The van der Waals surface area contributed by atoms with Gasteiger partial charge in [-0.05, 0) is 77.5 Å². The molecule has 2 atom stereocenters. The molecule has 196 valence electrons. The molecule has 2 saturated heterocycles. The normalized spacial score (nSPS) is 23.6. The summed E-state index contributed by atoms with van der Waals surface area (Å²) < 4.78 is 32.8. The molecular formula is C25H33ClN4O5S. The third-order valence-electron chi connectivity index (χ3n) is 6.90. The number of sulfone groups is 1. The second kappa shape index (κ2) is 9.75. The fourth-order valence-corrected chi connectivity index (χ4v) is 6.99. The van der Waals surface area contributed by atoms with Crippen LogP contribution in [0.1, 0.15) is 59.3 Å². The number of likely N-dealkylation sites (tertiary alicyclic amines) is 1. The summed E-state index contributed by atoms with van der Waals surface area (Å²) >= 11 is 6.48. The molecule has 0 radical (unpaired) electrons. The van der Waals surface area contributed by atoms with Crippen LogP contribution in [-0.4, -0.2) is 67.4 Å². The number of anilines is 1. The van der Waals surface area contributed by atoms with Crippen molar-refractivity contribution in [3.05, 3.63) is 23.2 Å². The molecule has 2 aliphatic heterocycles. The van der Waals surface area contributed by atoms with Gasteiger partial charge in [0, 0.05) is 25.3 Å². The number of nitrogens with zero attached hydrogens (tertiary/aromatic N) is 3. The lowest BCUT2D eigenvalue weighted by Gasteiger charge is -2.29. The zero-order valence-corrected chi connectivity index (χ0v) is 22.5. The second-order valence-electron chi connectivity index (χ2n) is 10.9. The summed E-state index contributed by atoms with van der Waals surface area (Å²) in [5, 5.41) is 11.1. The van der Waals surface area contributed by atoms with Crippen molar-refractivity contribution in [1.29, 1.82) is 5.26 Å². The summed E-state index contributed by atoms with van der Waals surface area (Å²) in [5.74, 6) is -0.552. The number of rotatable bonds is 5. The van der Waals surface area contributed by atoms with Gasteiger partial charge in [0.25, 0.3) is 0 Å². The van der Waals surface area contributed by atoms with E-state index < -0.39 is 44.3 Å². The number of carbonyl (C=O) groups is 2. The SMILES string of the molecule is CC(C)(C)OC(=O)N1C[C@H](S(=O)(=O)c2ccc(N3CCCCC3)cc2Cl)C[C@H]1C(=O)NC1(C#N)CC1. The van der Waals surface area contributed by atoms with E-state index in [1.807, 2.05) is 0 Å². The van der Waals surface area contributed by atoms with Gasteiger partial charge in [-0.2, -0.15) is 5.26 Å². The molecule has 1 aromatic rings. The van der Waals surface area contributed by atoms with Gasteiger partial charge < -0.3 is 15.0 Å². The highest BCUT2D eigenvalue weighted by Crippen LogP contribution is 2.37. The monoisotopic (exact) mass is 536 g/mol. The smallest absolute Gasteiger partial charge is 0.411 e. The summed E-state index contributed by atoms with van der Waals surface area (Å²) in [5.41, 5.74) is -0.891. The molecule has 4 rings (SSSR count). The maximum absolute atomic E-state index is 13.7. The number of ether oxygens (including phenoxy) is 1. The third kappa shape index (κ3) is 5.57. The van der Waals surface area contributed by atoms with Gasteiger partial charge in [-0.15, -0.1) is 0 Å². The second-order valence-corrected chi connectivity index (χ2v) is 13.5. The van der Waals surface area contributed by atoms with Crippen LogP contribution in [-0.2, 0) is 19.4 Å². The van der Waals surface area contributed by atoms with Gasteiger partial charge in [-0.3, -0.25) is 9.69 Å². The van der Waals surface area contributed by atoms with Crippen molar-refractivity contribution >= 4 is 39.1 Å². The minimum atomic E-state index is -3.97. The van der Waals surface area contributed by atoms with Crippen molar-refractivity contribution in [1.82, 2.24) is 10.2 Å². The van der Waals surface area contributed by atoms with Gasteiger partial charge in [-0.1, -0.05) is 11.6 Å². The van der Waals surface area contributed by atoms with Crippen LogP contribution in [0, 0.1) is 11.3 Å². The lowest BCUT2D eigenvalue weighted by Crippen LogP contribution is -2.50. The van der Waals surface area contributed by atoms with Gasteiger partial charge in [0.1, 0.15) is 17.2 Å².